The lowest BCUT2D eigenvalue weighted by Gasteiger charge is -1.92. The molecule has 0 aromatic heterocycles. The Hall–Kier alpha value is -1.90. The average Bonchev–Trinajstić information content (AvgIpc) is 2.60. The summed E-state index contributed by atoms with van der Waals surface area (Å²) in [6, 6.07) is 0.440. The Morgan fingerprint density at radius 2 is 1.70 bits per heavy atom. The first-order valence-electron chi connectivity index (χ1n) is 10.2. The normalized spacial score (nSPS) is 16.4. The summed E-state index contributed by atoms with van der Waals surface area (Å²) in [5.41, 5.74) is 0. The third-order valence-corrected chi connectivity index (χ3v) is 2.90. The Balaban J connectivity index is 4.39. The second-order valence-electron chi connectivity index (χ2n) is 5.05. The number of carboxylic acids is 1. The molecule has 0 rings (SSSR count). The first-order chi connectivity index (χ1) is 12.8. The van der Waals surface area contributed by atoms with Crippen LogP contribution in [0.5, 0.6) is 0 Å². The maximum atomic E-state index is 11.5. The van der Waals surface area contributed by atoms with Crippen molar-refractivity contribution in [2.45, 2.75) is 64.7 Å². The summed E-state index contributed by atoms with van der Waals surface area (Å²) in [5, 5.41) is 8.50. The summed E-state index contributed by atoms with van der Waals surface area (Å²) < 4.78 is 31.4. The van der Waals surface area contributed by atoms with Gasteiger partial charge in [0, 0.05) is 12.8 Å². The van der Waals surface area contributed by atoms with Crippen LogP contribution in [-0.2, 0) is 9.59 Å². The predicted molar refractivity (Wildman–Crippen MR) is 96.4 cm³/mol. The Kier molecular flexibility index (Phi) is 10.5. The van der Waals surface area contributed by atoms with Crippen molar-refractivity contribution in [1.29, 1.82) is 0 Å². The van der Waals surface area contributed by atoms with Crippen LogP contribution in [0.3, 0.4) is 0 Å². The van der Waals surface area contributed by atoms with Crippen molar-refractivity contribution in [1.82, 2.24) is 0 Å². The van der Waals surface area contributed by atoms with E-state index in [2.05, 4.69) is 6.92 Å². The molecule has 3 nitrogen and oxygen atoms in total. The molecule has 0 unspecified atom stereocenters. The number of unbranched alkanes of at least 4 members (excludes halogenated alkanes) is 2. The average molecular weight is 322 g/mol. The molecule has 0 aliphatic rings. The number of ketones is 1. The topological polar surface area (TPSA) is 54.4 Å². The van der Waals surface area contributed by atoms with Gasteiger partial charge in [0.25, 0.3) is 0 Å². The van der Waals surface area contributed by atoms with Crippen LogP contribution in [0, 0.1) is 0 Å². The predicted octanol–water partition coefficient (Wildman–Crippen LogP) is 5.40. The van der Waals surface area contributed by atoms with Crippen molar-refractivity contribution in [3.05, 3.63) is 48.5 Å². The molecule has 128 valence electrons. The minimum atomic E-state index is -0.920. The molecule has 0 amide bonds. The van der Waals surface area contributed by atoms with Gasteiger partial charge in [-0.1, -0.05) is 62.2 Å². The molecule has 3 heteroatoms. The molecule has 0 radical (unpaired) electrons. The van der Waals surface area contributed by atoms with Gasteiger partial charge in [-0.2, -0.15) is 0 Å². The van der Waals surface area contributed by atoms with Crippen LogP contribution in [0.1, 0.15) is 70.2 Å². The van der Waals surface area contributed by atoms with Crippen molar-refractivity contribution >= 4 is 11.8 Å². The maximum Gasteiger partial charge on any atom is 0.303 e. The van der Waals surface area contributed by atoms with Crippen LogP contribution >= 0.6 is 0 Å². The molecular weight excluding hydrogens is 288 g/mol. The van der Waals surface area contributed by atoms with Crippen molar-refractivity contribution in [3.63, 3.8) is 0 Å². The van der Waals surface area contributed by atoms with E-state index in [1.807, 2.05) is 0 Å². The monoisotopic (exact) mass is 322 g/mol. The first kappa shape index (κ1) is 14.7. The highest BCUT2D eigenvalue weighted by Gasteiger charge is 1.99. The molecule has 0 aromatic rings. The zero-order valence-corrected chi connectivity index (χ0v) is 13.9. The lowest BCUT2D eigenvalue weighted by molar-refractivity contribution is -0.137. The molecule has 0 atom stereocenters. The molecule has 1 N–H and O–H groups in total. The Morgan fingerprint density at radius 1 is 0.957 bits per heavy atom. The lowest BCUT2D eigenvalue weighted by atomic mass is 10.1. The van der Waals surface area contributed by atoms with E-state index in [-0.39, 0.29) is 55.7 Å². The van der Waals surface area contributed by atoms with Crippen molar-refractivity contribution in [2.24, 2.45) is 0 Å². The van der Waals surface area contributed by atoms with Gasteiger partial charge >= 0.3 is 5.97 Å². The maximum absolute atomic E-state index is 11.5. The molecule has 0 aliphatic heterocycles. The second-order valence-corrected chi connectivity index (χ2v) is 5.05. The summed E-state index contributed by atoms with van der Waals surface area (Å²) in [6.07, 6.45) is 10.3. The number of rotatable bonds is 14. The van der Waals surface area contributed by atoms with E-state index in [0.29, 0.717) is 12.8 Å². The number of carbonyl (C=O) groups excluding carboxylic acids is 1. The number of hydrogen-bond donors (Lipinski definition) is 1. The molecule has 0 heterocycles. The van der Waals surface area contributed by atoms with Gasteiger partial charge in [0.1, 0.15) is 0 Å². The van der Waals surface area contributed by atoms with Gasteiger partial charge in [-0.05, 0) is 38.2 Å². The Bertz CT molecular complexity index is 604. The molecule has 0 bridgehead atoms. The highest BCUT2D eigenvalue weighted by Crippen LogP contribution is 2.01. The highest BCUT2D eigenvalue weighted by molar-refractivity contribution is 5.90. The standard InChI is InChI=1S/C20H30O3/c1-2-3-4-5-6-7-8-9-10-11-12-13-14-16-19(21)17-15-18-20(22)23/h6-7,9-10,12-14,16H,2-5,8,11,15,17-18H2,1H3,(H,22,23)/b7-6-,10-9-,13-12+,16-14+/i6D,7D,9D,10D. The number of carboxylic acid groups (broad SMARTS) is 1. The van der Waals surface area contributed by atoms with Crippen LogP contribution in [0.15, 0.2) is 48.5 Å². The molecule has 0 aliphatic carbocycles. The van der Waals surface area contributed by atoms with Gasteiger partial charge in [0.05, 0.1) is 5.48 Å². The largest absolute Gasteiger partial charge is 0.481 e. The fourth-order valence-corrected chi connectivity index (χ4v) is 1.66. The summed E-state index contributed by atoms with van der Waals surface area (Å²) in [6.45, 7) is 2.07. The molecular formula is C20H30O3. The van der Waals surface area contributed by atoms with E-state index in [0.717, 1.165) is 19.3 Å². The number of aliphatic carboxylic acids is 1. The highest BCUT2D eigenvalue weighted by atomic mass is 16.4. The smallest absolute Gasteiger partial charge is 0.303 e. The Morgan fingerprint density at radius 3 is 2.43 bits per heavy atom. The minimum absolute atomic E-state index is 0.00443. The van der Waals surface area contributed by atoms with Gasteiger partial charge < -0.3 is 5.11 Å². The fourth-order valence-electron chi connectivity index (χ4n) is 1.66. The number of hydrogen-bond acceptors (Lipinski definition) is 2. The molecule has 0 saturated carbocycles. The van der Waals surface area contributed by atoms with Gasteiger partial charge in [0.2, 0.25) is 0 Å². The molecule has 0 fully saturated rings. The first-order valence-corrected chi connectivity index (χ1v) is 8.16. The SMILES string of the molecule is [2H]/C(C/C=C/C=C/C(=O)CCCC(=O)O)=C(\[2H])C/C([2H])=C(/[2H])CCCCC. The molecule has 23 heavy (non-hydrogen) atoms. The zero-order valence-electron chi connectivity index (χ0n) is 17.9. The third-order valence-electron chi connectivity index (χ3n) is 2.90. The van der Waals surface area contributed by atoms with E-state index < -0.39 is 5.97 Å². The number of carbonyl (C=O) groups is 2. The van der Waals surface area contributed by atoms with Crippen LogP contribution in [0.4, 0.5) is 0 Å². The van der Waals surface area contributed by atoms with E-state index in [9.17, 15) is 9.59 Å². The zero-order chi connectivity index (χ0) is 20.7. The summed E-state index contributed by atoms with van der Waals surface area (Å²) >= 11 is 0. The van der Waals surface area contributed by atoms with E-state index >= 15 is 0 Å². The van der Waals surface area contributed by atoms with Crippen LogP contribution in [0.2, 0.25) is 0 Å². The number of allylic oxidation sites excluding steroid dienone is 8. The third kappa shape index (κ3) is 18.1. The summed E-state index contributed by atoms with van der Waals surface area (Å²) in [5.74, 6) is -1.07. The van der Waals surface area contributed by atoms with Crippen LogP contribution < -0.4 is 0 Å². The summed E-state index contributed by atoms with van der Waals surface area (Å²) in [7, 11) is 0. The Labute approximate surface area is 146 Å². The summed E-state index contributed by atoms with van der Waals surface area (Å²) in [4.78, 5) is 21.8. The van der Waals surface area contributed by atoms with Gasteiger partial charge in [0.15, 0.2) is 5.78 Å². The minimum Gasteiger partial charge on any atom is -0.481 e. The van der Waals surface area contributed by atoms with E-state index in [1.165, 1.54) is 12.2 Å². The molecule has 0 aromatic carbocycles. The van der Waals surface area contributed by atoms with Crippen LogP contribution in [0.25, 0.3) is 0 Å². The van der Waals surface area contributed by atoms with Crippen molar-refractivity contribution < 1.29 is 20.2 Å². The van der Waals surface area contributed by atoms with Crippen LogP contribution in [-0.4, -0.2) is 16.9 Å². The fraction of sp³-hybridized carbons (Fsp3) is 0.500. The van der Waals surface area contributed by atoms with Gasteiger partial charge in [-0.25, -0.2) is 0 Å². The quantitative estimate of drug-likeness (QED) is 0.202. The van der Waals surface area contributed by atoms with Gasteiger partial charge in [-0.3, -0.25) is 9.59 Å². The van der Waals surface area contributed by atoms with Gasteiger partial charge in [-0.15, -0.1) is 0 Å². The second kappa shape index (κ2) is 16.5. The van der Waals surface area contributed by atoms with Crippen molar-refractivity contribution in [2.75, 3.05) is 0 Å². The van der Waals surface area contributed by atoms with E-state index in [1.54, 1.807) is 12.2 Å². The molecule has 0 saturated heterocycles. The lowest BCUT2D eigenvalue weighted by Crippen LogP contribution is -1.97. The van der Waals surface area contributed by atoms with Crippen molar-refractivity contribution in [3.8, 4) is 0 Å². The van der Waals surface area contributed by atoms with E-state index in [4.69, 9.17) is 10.6 Å². The molecule has 0 spiro atoms.